The van der Waals surface area contributed by atoms with Crippen LogP contribution in [0.15, 0.2) is 30.3 Å². The third-order valence-corrected chi connectivity index (χ3v) is 6.16. The minimum Gasteiger partial charge on any atom is -0.490 e. The fourth-order valence-corrected chi connectivity index (χ4v) is 4.85. The quantitative estimate of drug-likeness (QED) is 0.628. The average molecular weight is 445 g/mol. The zero-order chi connectivity index (χ0) is 21.7. The molecule has 1 aliphatic carbocycles. The fourth-order valence-electron chi connectivity index (χ4n) is 4.65. The average Bonchev–Trinajstić information content (AvgIpc) is 3.14. The van der Waals surface area contributed by atoms with Crippen LogP contribution in [0.4, 0.5) is 0 Å². The van der Waals surface area contributed by atoms with E-state index in [0.29, 0.717) is 21.8 Å². The summed E-state index contributed by atoms with van der Waals surface area (Å²) in [5.41, 5.74) is 3.16. The van der Waals surface area contributed by atoms with Crippen molar-refractivity contribution in [2.24, 2.45) is 5.41 Å². The first-order chi connectivity index (χ1) is 14.5. The van der Waals surface area contributed by atoms with E-state index < -0.39 is 0 Å². The van der Waals surface area contributed by atoms with Gasteiger partial charge in [-0.2, -0.15) is 0 Å². The Balaban J connectivity index is 0.000000216. The molecule has 3 aliphatic rings. The highest BCUT2D eigenvalue weighted by Gasteiger charge is 2.52. The summed E-state index contributed by atoms with van der Waals surface area (Å²) in [5.74, 6) is 3.43. The van der Waals surface area contributed by atoms with Crippen LogP contribution in [0.2, 0.25) is 10.3 Å². The maximum Gasteiger partial charge on any atom is 0.276 e. The molecule has 0 amide bonds. The molecule has 30 heavy (non-hydrogen) atoms. The second-order valence-electron chi connectivity index (χ2n) is 8.13. The molecule has 2 fully saturated rings. The van der Waals surface area contributed by atoms with Crippen LogP contribution in [-0.4, -0.2) is 48.1 Å². The molecule has 1 spiro atoms. The second-order valence-corrected chi connectivity index (χ2v) is 8.90. The number of hydrogen-bond donors (Lipinski definition) is 0. The van der Waals surface area contributed by atoms with E-state index in [4.69, 9.17) is 33.2 Å². The van der Waals surface area contributed by atoms with E-state index in [-0.39, 0.29) is 6.71 Å². The molecule has 8 heteroatoms. The van der Waals surface area contributed by atoms with Crippen molar-refractivity contribution in [1.29, 1.82) is 5.26 Å². The van der Waals surface area contributed by atoms with E-state index in [2.05, 4.69) is 46.3 Å². The Hall–Kier alpha value is -1.81. The molecular weight excluding hydrogens is 418 g/mol. The van der Waals surface area contributed by atoms with Gasteiger partial charge in [-0.05, 0) is 61.9 Å². The van der Waals surface area contributed by atoms with Crippen LogP contribution in [-0.2, 0) is 12.6 Å². The number of likely N-dealkylation sites (tertiary alicyclic amines) is 1. The van der Waals surface area contributed by atoms with Crippen molar-refractivity contribution in [2.75, 3.05) is 20.1 Å². The van der Waals surface area contributed by atoms with Crippen LogP contribution in [0.25, 0.3) is 0 Å². The minimum absolute atomic E-state index is 0.141. The van der Waals surface area contributed by atoms with E-state index in [9.17, 15) is 0 Å². The van der Waals surface area contributed by atoms with Crippen LogP contribution in [0.5, 0.6) is 5.75 Å². The summed E-state index contributed by atoms with van der Waals surface area (Å²) < 4.78 is 6.22. The summed E-state index contributed by atoms with van der Waals surface area (Å²) in [6, 6.07) is 9.45. The smallest absolute Gasteiger partial charge is 0.276 e. The van der Waals surface area contributed by atoms with Gasteiger partial charge < -0.3 is 9.64 Å². The molecule has 1 saturated heterocycles. The lowest BCUT2D eigenvalue weighted by molar-refractivity contribution is -0.109. The summed E-state index contributed by atoms with van der Waals surface area (Å²) in [6.45, 7) is 6.61. The SMILES string of the molecule is CC.CN1CC2(CC(Oc3cccc4c3CB(C#N)C4)C2)C1.Clc1ccc(Cl)nn1. The number of nitriles is 1. The molecule has 5 nitrogen and oxygen atoms in total. The van der Waals surface area contributed by atoms with Gasteiger partial charge in [-0.15, -0.1) is 10.2 Å². The Labute approximate surface area is 189 Å². The lowest BCUT2D eigenvalue weighted by atomic mass is 9.49. The lowest BCUT2D eigenvalue weighted by Gasteiger charge is -2.57. The molecule has 1 saturated carbocycles. The first kappa shape index (κ1) is 22.9. The zero-order valence-electron chi connectivity index (χ0n) is 17.7. The van der Waals surface area contributed by atoms with Crippen molar-refractivity contribution < 1.29 is 4.74 Å². The van der Waals surface area contributed by atoms with Crippen molar-refractivity contribution in [2.45, 2.75) is 45.4 Å². The van der Waals surface area contributed by atoms with E-state index in [1.807, 2.05) is 13.8 Å². The standard InChI is InChI=1S/C16H19BN2O.C4H2Cl2N2.C2H6/c1-19-9-16(10-19)5-13(6-16)20-15-4-2-3-12-7-17(11-18)8-14(12)15;5-3-1-2-4(6)8-7-3;1-2/h2-4,13H,5-10H2,1H3;1-2H;1-2H3. The molecule has 0 atom stereocenters. The summed E-state index contributed by atoms with van der Waals surface area (Å²) in [4.78, 5) is 2.38. The topological polar surface area (TPSA) is 62.0 Å². The first-order valence-electron chi connectivity index (χ1n) is 10.5. The molecule has 0 radical (unpaired) electrons. The van der Waals surface area contributed by atoms with E-state index in [0.717, 1.165) is 18.4 Å². The van der Waals surface area contributed by atoms with E-state index in [1.54, 1.807) is 12.1 Å². The Morgan fingerprint density at radius 1 is 1.10 bits per heavy atom. The molecule has 2 aliphatic heterocycles. The Bertz CT molecular complexity index is 868. The highest BCUT2D eigenvalue weighted by atomic mass is 35.5. The van der Waals surface area contributed by atoms with Gasteiger partial charge in [-0.3, -0.25) is 0 Å². The fraction of sp³-hybridized carbons (Fsp3) is 0.500. The molecule has 0 unspecified atom stereocenters. The Kier molecular flexibility index (Phi) is 7.62. The van der Waals surface area contributed by atoms with Crippen LogP contribution in [0.1, 0.15) is 37.8 Å². The Morgan fingerprint density at radius 3 is 2.27 bits per heavy atom. The number of halogens is 2. The highest BCUT2D eigenvalue weighted by Crippen LogP contribution is 2.49. The zero-order valence-corrected chi connectivity index (χ0v) is 19.2. The van der Waals surface area contributed by atoms with Gasteiger partial charge in [0.2, 0.25) is 0 Å². The molecule has 1 aromatic heterocycles. The van der Waals surface area contributed by atoms with Gasteiger partial charge in [0.25, 0.3) is 6.71 Å². The van der Waals surface area contributed by atoms with Gasteiger partial charge in [-0.25, -0.2) is 5.26 Å². The summed E-state index contributed by atoms with van der Waals surface area (Å²) >= 11 is 10.8. The van der Waals surface area contributed by atoms with Crippen molar-refractivity contribution >= 4 is 29.9 Å². The second kappa shape index (κ2) is 10.0. The first-order valence-corrected chi connectivity index (χ1v) is 11.2. The van der Waals surface area contributed by atoms with Gasteiger partial charge in [0.15, 0.2) is 10.3 Å². The van der Waals surface area contributed by atoms with Crippen molar-refractivity contribution in [3.8, 4) is 11.7 Å². The maximum absolute atomic E-state index is 9.11. The summed E-state index contributed by atoms with van der Waals surface area (Å²) in [6.07, 6.45) is 4.53. The van der Waals surface area contributed by atoms with Crippen LogP contribution >= 0.6 is 23.2 Å². The number of nitrogens with zero attached hydrogens (tertiary/aromatic N) is 4. The number of fused-ring (bicyclic) bond motifs is 1. The van der Waals surface area contributed by atoms with Gasteiger partial charge in [0.1, 0.15) is 5.75 Å². The number of aromatic nitrogens is 2. The van der Waals surface area contributed by atoms with Gasteiger partial charge in [0.05, 0.1) is 6.10 Å². The third kappa shape index (κ3) is 5.27. The van der Waals surface area contributed by atoms with Crippen molar-refractivity contribution in [3.05, 3.63) is 51.8 Å². The highest BCUT2D eigenvalue weighted by molar-refractivity contribution is 6.67. The number of ether oxygens (including phenoxy) is 1. The molecule has 158 valence electrons. The molecule has 2 aromatic rings. The molecule has 1 aromatic carbocycles. The largest absolute Gasteiger partial charge is 0.490 e. The van der Waals surface area contributed by atoms with Crippen LogP contribution in [0.3, 0.4) is 0 Å². The van der Waals surface area contributed by atoms with Crippen molar-refractivity contribution in [1.82, 2.24) is 15.1 Å². The Morgan fingerprint density at radius 2 is 1.73 bits per heavy atom. The van der Waals surface area contributed by atoms with E-state index in [1.165, 1.54) is 37.1 Å². The van der Waals surface area contributed by atoms with Gasteiger partial charge >= 0.3 is 0 Å². The molecule has 0 bridgehead atoms. The predicted molar refractivity (Wildman–Crippen MR) is 122 cm³/mol. The molecule has 0 N–H and O–H groups in total. The van der Waals surface area contributed by atoms with Crippen LogP contribution in [0, 0.1) is 16.6 Å². The normalized spacial score (nSPS) is 18.6. The number of hydrogen-bond acceptors (Lipinski definition) is 5. The lowest BCUT2D eigenvalue weighted by Crippen LogP contribution is -2.63. The van der Waals surface area contributed by atoms with E-state index >= 15 is 0 Å². The minimum atomic E-state index is 0.141. The number of rotatable bonds is 2. The number of benzene rings is 1. The van der Waals surface area contributed by atoms with Gasteiger partial charge in [0, 0.05) is 24.5 Å². The molecule has 5 rings (SSSR count). The summed E-state index contributed by atoms with van der Waals surface area (Å²) in [5, 5.41) is 16.7. The maximum atomic E-state index is 9.11. The summed E-state index contributed by atoms with van der Waals surface area (Å²) in [7, 11) is 2.19. The predicted octanol–water partition coefficient (Wildman–Crippen LogP) is 4.70. The van der Waals surface area contributed by atoms with Crippen molar-refractivity contribution in [3.63, 3.8) is 0 Å². The van der Waals surface area contributed by atoms with Gasteiger partial charge in [-0.1, -0.05) is 49.2 Å². The molecule has 3 heterocycles. The molecular formula is C22H27BCl2N4O. The third-order valence-electron chi connectivity index (χ3n) is 5.75. The monoisotopic (exact) mass is 444 g/mol. The van der Waals surface area contributed by atoms with Crippen LogP contribution < -0.4 is 4.74 Å².